The molecule has 1 fully saturated rings. The van der Waals surface area contributed by atoms with E-state index in [2.05, 4.69) is 4.98 Å². The van der Waals surface area contributed by atoms with Crippen LogP contribution in [-0.2, 0) is 11.2 Å². The summed E-state index contributed by atoms with van der Waals surface area (Å²) in [6.07, 6.45) is 6.00. The van der Waals surface area contributed by atoms with Crippen molar-refractivity contribution in [3.63, 3.8) is 0 Å². The Labute approximate surface area is 90.2 Å². The summed E-state index contributed by atoms with van der Waals surface area (Å²) in [6.45, 7) is 0. The molecule has 2 heterocycles. The van der Waals surface area contributed by atoms with Crippen LogP contribution in [-0.4, -0.2) is 20.5 Å². The maximum atomic E-state index is 11.0. The Hall–Kier alpha value is -1.36. The first-order valence-electron chi connectivity index (χ1n) is 4.84. The molecule has 0 unspecified atom stereocenters. The molecule has 0 amide bonds. The van der Waals surface area contributed by atoms with Crippen LogP contribution in [0, 0.1) is 5.41 Å². The number of hydrogen-bond acceptors (Lipinski definition) is 3. The number of nitrogens with zero attached hydrogens (tertiary/aromatic N) is 2. The Morgan fingerprint density at radius 2 is 2.47 bits per heavy atom. The van der Waals surface area contributed by atoms with E-state index in [0.29, 0.717) is 6.42 Å². The average Bonchev–Trinajstić information content (AvgIpc) is 2.64. The zero-order chi connectivity index (χ0) is 10.5. The van der Waals surface area contributed by atoms with Crippen molar-refractivity contribution in [2.75, 3.05) is 0 Å². The summed E-state index contributed by atoms with van der Waals surface area (Å²) in [5.41, 5.74) is 0.381. The molecule has 0 saturated heterocycles. The number of fused-ring (bicyclic) bond motifs is 1. The second-order valence-corrected chi connectivity index (χ2v) is 4.96. The molecule has 0 radical (unpaired) electrons. The standard InChI is InChI=1S/C10H10N2O2S/c13-8(14)10(1-2-10)5-7-6-12-3-4-15-9(12)11-7/h3-4,6H,1-2,5H2,(H,13,14). The average molecular weight is 222 g/mol. The summed E-state index contributed by atoms with van der Waals surface area (Å²) in [6, 6.07) is 0. The SMILES string of the molecule is O=C(O)C1(Cc2cn3ccsc3n2)CC1. The van der Waals surface area contributed by atoms with E-state index in [0.717, 1.165) is 23.5 Å². The van der Waals surface area contributed by atoms with Crippen LogP contribution < -0.4 is 0 Å². The lowest BCUT2D eigenvalue weighted by Crippen LogP contribution is -2.17. The molecule has 1 aliphatic rings. The summed E-state index contributed by atoms with van der Waals surface area (Å²) >= 11 is 1.57. The molecule has 1 aliphatic carbocycles. The fourth-order valence-electron chi connectivity index (χ4n) is 1.83. The van der Waals surface area contributed by atoms with Gasteiger partial charge in [0.25, 0.3) is 0 Å². The topological polar surface area (TPSA) is 54.6 Å². The third-order valence-corrected chi connectivity index (χ3v) is 3.74. The number of carboxylic acid groups (broad SMARTS) is 1. The van der Waals surface area contributed by atoms with Crippen LogP contribution in [0.2, 0.25) is 0 Å². The first-order chi connectivity index (χ1) is 7.20. The Morgan fingerprint density at radius 1 is 1.67 bits per heavy atom. The van der Waals surface area contributed by atoms with Crippen LogP contribution >= 0.6 is 11.3 Å². The van der Waals surface area contributed by atoms with Crippen molar-refractivity contribution in [1.29, 1.82) is 0 Å². The number of aliphatic carboxylic acids is 1. The third kappa shape index (κ3) is 1.34. The van der Waals surface area contributed by atoms with Crippen LogP contribution in [0.1, 0.15) is 18.5 Å². The molecule has 2 aromatic heterocycles. The monoisotopic (exact) mass is 222 g/mol. The van der Waals surface area contributed by atoms with Crippen LogP contribution in [0.15, 0.2) is 17.8 Å². The minimum Gasteiger partial charge on any atom is -0.481 e. The highest BCUT2D eigenvalue weighted by molar-refractivity contribution is 7.15. The second-order valence-electron chi connectivity index (χ2n) is 4.09. The van der Waals surface area contributed by atoms with Gasteiger partial charge in [0.1, 0.15) is 0 Å². The van der Waals surface area contributed by atoms with E-state index in [4.69, 9.17) is 5.11 Å². The van der Waals surface area contributed by atoms with E-state index in [1.54, 1.807) is 11.3 Å². The Bertz CT molecular complexity index is 496. The predicted molar refractivity (Wildman–Crippen MR) is 56.1 cm³/mol. The number of carboxylic acids is 1. The molecule has 5 heteroatoms. The van der Waals surface area contributed by atoms with E-state index in [1.165, 1.54) is 0 Å². The lowest BCUT2D eigenvalue weighted by atomic mass is 10.0. The van der Waals surface area contributed by atoms with Crippen molar-refractivity contribution < 1.29 is 9.90 Å². The number of rotatable bonds is 3. The number of carbonyl (C=O) groups is 1. The van der Waals surface area contributed by atoms with E-state index >= 15 is 0 Å². The second kappa shape index (κ2) is 2.82. The van der Waals surface area contributed by atoms with E-state index in [-0.39, 0.29) is 0 Å². The first kappa shape index (κ1) is 8.91. The molecule has 2 aromatic rings. The van der Waals surface area contributed by atoms with Gasteiger partial charge in [-0.2, -0.15) is 0 Å². The van der Waals surface area contributed by atoms with E-state index in [9.17, 15) is 4.79 Å². The molecule has 0 bridgehead atoms. The van der Waals surface area contributed by atoms with Gasteiger partial charge in [-0.05, 0) is 12.8 Å². The summed E-state index contributed by atoms with van der Waals surface area (Å²) < 4.78 is 1.94. The van der Waals surface area contributed by atoms with Crippen molar-refractivity contribution in [3.8, 4) is 0 Å². The Morgan fingerprint density at radius 3 is 3.07 bits per heavy atom. The van der Waals surface area contributed by atoms with Crippen molar-refractivity contribution >= 4 is 22.3 Å². The van der Waals surface area contributed by atoms with Crippen LogP contribution in [0.3, 0.4) is 0 Å². The number of hydrogen-bond donors (Lipinski definition) is 1. The lowest BCUT2D eigenvalue weighted by molar-refractivity contribution is -0.143. The van der Waals surface area contributed by atoms with Gasteiger partial charge < -0.3 is 5.11 Å². The summed E-state index contributed by atoms with van der Waals surface area (Å²) in [5.74, 6) is -0.682. The van der Waals surface area contributed by atoms with Gasteiger partial charge in [-0.25, -0.2) is 4.98 Å². The quantitative estimate of drug-likeness (QED) is 0.861. The Kier molecular flexibility index (Phi) is 1.68. The van der Waals surface area contributed by atoms with Crippen molar-refractivity contribution in [1.82, 2.24) is 9.38 Å². The molecule has 0 spiro atoms. The number of imidazole rings is 1. The molecule has 0 aliphatic heterocycles. The van der Waals surface area contributed by atoms with Gasteiger partial charge in [0.2, 0.25) is 0 Å². The van der Waals surface area contributed by atoms with Gasteiger partial charge >= 0.3 is 5.97 Å². The molecule has 1 N–H and O–H groups in total. The third-order valence-electron chi connectivity index (χ3n) is 2.97. The number of aromatic nitrogens is 2. The molecular weight excluding hydrogens is 212 g/mol. The Balaban J connectivity index is 1.89. The maximum absolute atomic E-state index is 11.0. The molecule has 4 nitrogen and oxygen atoms in total. The van der Waals surface area contributed by atoms with E-state index < -0.39 is 11.4 Å². The summed E-state index contributed by atoms with van der Waals surface area (Å²) in [7, 11) is 0. The smallest absolute Gasteiger partial charge is 0.310 e. The molecule has 1 saturated carbocycles. The van der Waals surface area contributed by atoms with Crippen molar-refractivity contribution in [2.24, 2.45) is 5.41 Å². The van der Waals surface area contributed by atoms with Crippen molar-refractivity contribution in [3.05, 3.63) is 23.5 Å². The zero-order valence-electron chi connectivity index (χ0n) is 8.01. The predicted octanol–water partition coefficient (Wildman–Crippen LogP) is 1.80. The molecule has 3 rings (SSSR count). The van der Waals surface area contributed by atoms with E-state index in [1.807, 2.05) is 22.2 Å². The minimum atomic E-state index is -0.682. The lowest BCUT2D eigenvalue weighted by Gasteiger charge is -2.05. The molecule has 15 heavy (non-hydrogen) atoms. The van der Waals surface area contributed by atoms with Crippen LogP contribution in [0.25, 0.3) is 4.96 Å². The summed E-state index contributed by atoms with van der Waals surface area (Å²) in [4.78, 5) is 16.3. The molecule has 78 valence electrons. The van der Waals surface area contributed by atoms with Crippen LogP contribution in [0.5, 0.6) is 0 Å². The zero-order valence-corrected chi connectivity index (χ0v) is 8.83. The first-order valence-corrected chi connectivity index (χ1v) is 5.72. The molecular formula is C10H10N2O2S. The highest BCUT2D eigenvalue weighted by Gasteiger charge is 2.50. The van der Waals surface area contributed by atoms with Crippen molar-refractivity contribution in [2.45, 2.75) is 19.3 Å². The highest BCUT2D eigenvalue weighted by Crippen LogP contribution is 2.48. The summed E-state index contributed by atoms with van der Waals surface area (Å²) in [5, 5.41) is 11.0. The minimum absolute atomic E-state index is 0.510. The van der Waals surface area contributed by atoms with Gasteiger partial charge in [-0.3, -0.25) is 9.20 Å². The van der Waals surface area contributed by atoms with Gasteiger partial charge in [-0.1, -0.05) is 0 Å². The molecule has 0 aromatic carbocycles. The maximum Gasteiger partial charge on any atom is 0.310 e. The molecule has 0 atom stereocenters. The largest absolute Gasteiger partial charge is 0.481 e. The van der Waals surface area contributed by atoms with Crippen LogP contribution in [0.4, 0.5) is 0 Å². The fourth-order valence-corrected chi connectivity index (χ4v) is 2.54. The van der Waals surface area contributed by atoms with Gasteiger partial charge in [0.05, 0.1) is 11.1 Å². The normalized spacial score (nSPS) is 18.1. The highest BCUT2D eigenvalue weighted by atomic mass is 32.1. The number of thiazole rings is 1. The van der Waals surface area contributed by atoms with Gasteiger partial charge in [0, 0.05) is 24.2 Å². The van der Waals surface area contributed by atoms with Gasteiger partial charge in [0.15, 0.2) is 4.96 Å². The fraction of sp³-hybridized carbons (Fsp3) is 0.400. The van der Waals surface area contributed by atoms with Gasteiger partial charge in [-0.15, -0.1) is 11.3 Å².